The molecule has 1 unspecified atom stereocenters. The summed E-state index contributed by atoms with van der Waals surface area (Å²) in [6.45, 7) is 0.798. The van der Waals surface area contributed by atoms with Crippen molar-refractivity contribution < 1.29 is 59.7 Å². The number of imidazole rings is 1. The highest BCUT2D eigenvalue weighted by Crippen LogP contribution is 2.43. The van der Waals surface area contributed by atoms with E-state index in [1.54, 1.807) is 118 Å². The number of amides is 4. The molecule has 89 heavy (non-hydrogen) atoms. The van der Waals surface area contributed by atoms with Crippen LogP contribution in [-0.2, 0) is 52.9 Å². The normalized spacial score (nSPS) is 13.0. The maximum absolute atomic E-state index is 14.3. The Kier molecular flexibility index (Phi) is 19.4. The lowest BCUT2D eigenvalue weighted by atomic mass is 10.0. The maximum Gasteiger partial charge on any atom is 0.416 e. The van der Waals surface area contributed by atoms with E-state index in [1.165, 1.54) is 41.2 Å². The third-order valence-corrected chi connectivity index (χ3v) is 16.2. The highest BCUT2D eigenvalue weighted by atomic mass is 35.5. The van der Waals surface area contributed by atoms with Crippen molar-refractivity contribution >= 4 is 63.9 Å². The molecule has 16 nitrogen and oxygen atoms in total. The van der Waals surface area contributed by atoms with E-state index >= 15 is 0 Å². The summed E-state index contributed by atoms with van der Waals surface area (Å²) in [7, 11) is 2.96. The first-order valence-electron chi connectivity index (χ1n) is 27.7. The number of piperazine rings is 1. The van der Waals surface area contributed by atoms with Gasteiger partial charge in [-0.2, -0.15) is 26.3 Å². The SMILES string of the molecule is COc1ccc(-c2nc(-c3cc(C(F)(F)F)cc(C(F)(F)F)c3)n(Cc3ccc(C(=O)N4CCN(C(=O)Cn5cc(COc6ccc(N(C(=O)CCl)C(C(=O)NCCc7ccccc7)c7cccs7)cc6Cl)nn5)CC4)cc3)c2-c2ccc(OC)cc2)cc1. The van der Waals surface area contributed by atoms with E-state index in [1.807, 2.05) is 35.7 Å². The predicted molar refractivity (Wildman–Crippen MR) is 324 cm³/mol. The summed E-state index contributed by atoms with van der Waals surface area (Å²) in [5.41, 5.74) is 0.786. The summed E-state index contributed by atoms with van der Waals surface area (Å²) < 4.78 is 106. The van der Waals surface area contributed by atoms with Crippen molar-refractivity contribution in [1.29, 1.82) is 0 Å². The van der Waals surface area contributed by atoms with Crippen LogP contribution >= 0.6 is 34.5 Å². The van der Waals surface area contributed by atoms with E-state index in [-0.39, 0.29) is 86.0 Å². The number of thiophene rings is 1. The number of aromatic nitrogens is 5. The van der Waals surface area contributed by atoms with Gasteiger partial charge in [-0.05, 0) is 126 Å². The first-order valence-corrected chi connectivity index (χ1v) is 29.5. The number of halogens is 8. The molecule has 1 aliphatic rings. The summed E-state index contributed by atoms with van der Waals surface area (Å²) in [6, 6.07) is 38.2. The molecule has 0 radical (unpaired) electrons. The molecule has 0 spiro atoms. The number of ether oxygens (including phenoxy) is 3. The zero-order valence-corrected chi connectivity index (χ0v) is 49.9. The fraction of sp³-hybridized carbons (Fsp3) is 0.234. The Hall–Kier alpha value is -9.19. The summed E-state index contributed by atoms with van der Waals surface area (Å²) in [5, 5.41) is 13.2. The van der Waals surface area contributed by atoms with Crippen molar-refractivity contribution in [1.82, 2.24) is 39.7 Å². The minimum atomic E-state index is -5.13. The van der Waals surface area contributed by atoms with Crippen LogP contribution in [-0.4, -0.2) is 111 Å². The maximum atomic E-state index is 14.3. The van der Waals surface area contributed by atoms with E-state index in [2.05, 4.69) is 15.6 Å². The zero-order valence-electron chi connectivity index (χ0n) is 47.6. The molecular formula is C64H55Cl2F6N9O7S. The molecule has 1 fully saturated rings. The van der Waals surface area contributed by atoms with Crippen LogP contribution in [0.15, 0.2) is 163 Å². The van der Waals surface area contributed by atoms with Crippen LogP contribution in [0.3, 0.4) is 0 Å². The number of rotatable bonds is 21. The van der Waals surface area contributed by atoms with Crippen LogP contribution in [0.4, 0.5) is 32.0 Å². The second kappa shape index (κ2) is 27.5. The van der Waals surface area contributed by atoms with Crippen molar-refractivity contribution in [2.24, 2.45) is 0 Å². The highest BCUT2D eigenvalue weighted by molar-refractivity contribution is 7.10. The number of methoxy groups -OCH3 is 2. The number of hydrogen-bond donors (Lipinski definition) is 1. The first-order chi connectivity index (χ1) is 42.8. The molecule has 460 valence electrons. The van der Waals surface area contributed by atoms with E-state index in [9.17, 15) is 45.5 Å². The molecular weight excluding hydrogens is 1220 g/mol. The smallest absolute Gasteiger partial charge is 0.416 e. The second-order valence-electron chi connectivity index (χ2n) is 20.5. The monoisotopic (exact) mass is 1280 g/mol. The van der Waals surface area contributed by atoms with Gasteiger partial charge in [0.15, 0.2) is 0 Å². The summed E-state index contributed by atoms with van der Waals surface area (Å²) in [4.78, 5) is 64.8. The average molecular weight is 1280 g/mol. The van der Waals surface area contributed by atoms with Crippen LogP contribution in [0.5, 0.6) is 17.2 Å². The van der Waals surface area contributed by atoms with E-state index < -0.39 is 52.8 Å². The molecule has 1 saturated heterocycles. The van der Waals surface area contributed by atoms with Crippen LogP contribution in [0.25, 0.3) is 33.9 Å². The minimum Gasteiger partial charge on any atom is -0.497 e. The Morgan fingerprint density at radius 3 is 1.96 bits per heavy atom. The van der Waals surface area contributed by atoms with Gasteiger partial charge in [0.05, 0.1) is 48.0 Å². The molecule has 1 atom stereocenters. The van der Waals surface area contributed by atoms with Gasteiger partial charge in [0, 0.05) is 72.1 Å². The van der Waals surface area contributed by atoms with Crippen molar-refractivity contribution in [2.75, 3.05) is 57.7 Å². The average Bonchev–Trinajstić information content (AvgIpc) is 1.72. The standard InChI is InChI=1S/C64H55Cl2F6N9O7S/c1-86-50-19-14-42(15-20-50)57-58(43-16-21-51(87-2)22-17-43)80(60(74-57)45-31-46(63(67,68)69)33-47(32-45)64(70,71)72)36-41-10-12-44(13-11-41)62(85)78-28-26-77(27-29-78)56(83)38-79-37-48(75-76-79)39-88-53-23-18-49(34-52(53)66)81(55(82)35-65)59(54-9-6-30-89-54)61(84)73-25-24-40-7-4-3-5-8-40/h3-23,30-34,37,59H,24-29,35-36,38-39H2,1-2H3,(H,73,84). The molecule has 4 heterocycles. The Labute approximate surface area is 520 Å². The molecule has 0 bridgehead atoms. The number of carbonyl (C=O) groups excluding carboxylic acids is 4. The molecule has 25 heteroatoms. The van der Waals surface area contributed by atoms with Crippen molar-refractivity contribution in [3.63, 3.8) is 0 Å². The minimum absolute atomic E-state index is 0.0692. The number of benzene rings is 6. The zero-order chi connectivity index (χ0) is 63.0. The van der Waals surface area contributed by atoms with Gasteiger partial charge in [0.25, 0.3) is 5.91 Å². The topological polar surface area (TPSA) is 166 Å². The molecule has 3 aromatic heterocycles. The first kappa shape index (κ1) is 62.8. The van der Waals surface area contributed by atoms with Crippen LogP contribution < -0.4 is 24.4 Å². The lowest BCUT2D eigenvalue weighted by Crippen LogP contribution is -2.51. The number of nitrogens with one attached hydrogen (secondary N) is 1. The Balaban J connectivity index is 0.788. The van der Waals surface area contributed by atoms with Crippen molar-refractivity contribution in [3.05, 3.63) is 207 Å². The van der Waals surface area contributed by atoms with Gasteiger partial charge < -0.3 is 33.9 Å². The lowest BCUT2D eigenvalue weighted by molar-refractivity contribution is -0.143. The highest BCUT2D eigenvalue weighted by Gasteiger charge is 2.39. The van der Waals surface area contributed by atoms with E-state index in [0.29, 0.717) is 80.8 Å². The number of alkyl halides is 7. The number of anilines is 1. The summed E-state index contributed by atoms with van der Waals surface area (Å²) >= 11 is 14.2. The third-order valence-electron chi connectivity index (χ3n) is 14.7. The molecule has 4 amide bonds. The van der Waals surface area contributed by atoms with Gasteiger partial charge in [-0.15, -0.1) is 28.0 Å². The predicted octanol–water partition coefficient (Wildman–Crippen LogP) is 12.5. The number of carbonyl (C=O) groups is 4. The molecule has 0 saturated carbocycles. The Bertz CT molecular complexity index is 3920. The van der Waals surface area contributed by atoms with E-state index in [4.69, 9.17) is 42.4 Å². The quantitative estimate of drug-likeness (QED) is 0.0540. The van der Waals surface area contributed by atoms with Gasteiger partial charge in [-0.3, -0.25) is 24.1 Å². The molecule has 9 aromatic rings. The van der Waals surface area contributed by atoms with E-state index in [0.717, 1.165) is 5.56 Å². The lowest BCUT2D eigenvalue weighted by Gasteiger charge is -2.34. The molecule has 6 aromatic carbocycles. The number of nitrogens with zero attached hydrogens (tertiary/aromatic N) is 8. The van der Waals surface area contributed by atoms with Gasteiger partial charge in [-0.1, -0.05) is 65.3 Å². The third kappa shape index (κ3) is 14.9. The largest absolute Gasteiger partial charge is 0.497 e. The Morgan fingerprint density at radius 1 is 0.719 bits per heavy atom. The van der Waals surface area contributed by atoms with Crippen LogP contribution in [0.2, 0.25) is 5.02 Å². The molecule has 1 N–H and O–H groups in total. The summed E-state index contributed by atoms with van der Waals surface area (Å²) in [6.07, 6.45) is -8.12. The van der Waals surface area contributed by atoms with Gasteiger partial charge in [0.2, 0.25) is 17.7 Å². The fourth-order valence-corrected chi connectivity index (χ4v) is 11.4. The second-order valence-corrected chi connectivity index (χ2v) is 22.1. The van der Waals surface area contributed by atoms with Crippen molar-refractivity contribution in [2.45, 2.75) is 44.5 Å². The fourth-order valence-electron chi connectivity index (χ4n) is 10.2. The van der Waals surface area contributed by atoms with Crippen LogP contribution in [0, 0.1) is 0 Å². The van der Waals surface area contributed by atoms with Crippen LogP contribution in [0.1, 0.15) is 49.2 Å². The van der Waals surface area contributed by atoms with Gasteiger partial charge >= 0.3 is 12.4 Å². The van der Waals surface area contributed by atoms with Crippen molar-refractivity contribution in [3.8, 4) is 51.2 Å². The molecule has 1 aliphatic heterocycles. The summed E-state index contributed by atoms with van der Waals surface area (Å²) in [5.74, 6) is -0.863. The number of hydrogen-bond acceptors (Lipinski definition) is 11. The van der Waals surface area contributed by atoms with Gasteiger partial charge in [0.1, 0.15) is 53.8 Å². The van der Waals surface area contributed by atoms with Gasteiger partial charge in [-0.25, -0.2) is 9.67 Å². The molecule has 0 aliphatic carbocycles. The molecule has 10 rings (SSSR count). The Morgan fingerprint density at radius 2 is 1.36 bits per heavy atom.